The van der Waals surface area contributed by atoms with Crippen LogP contribution >= 0.6 is 0 Å². The summed E-state index contributed by atoms with van der Waals surface area (Å²) in [5.74, 6) is -0.0996. The van der Waals surface area contributed by atoms with Crippen LogP contribution < -0.4 is 0 Å². The Labute approximate surface area is 67.3 Å². The zero-order chi connectivity index (χ0) is 8.43. The Balaban J connectivity index is 2.49. The van der Waals surface area contributed by atoms with Gasteiger partial charge in [0.1, 0.15) is 6.10 Å². The molecule has 0 bridgehead atoms. The molecule has 0 aliphatic carbocycles. The maximum Gasteiger partial charge on any atom is 0.320 e. The third kappa shape index (κ3) is 2.19. The fraction of sp³-hybridized carbons (Fsp3) is 0.875. The average Bonchev–Trinajstić information content (AvgIpc) is 1.85. The van der Waals surface area contributed by atoms with Gasteiger partial charge in [-0.3, -0.25) is 9.69 Å². The van der Waals surface area contributed by atoms with E-state index in [0.717, 1.165) is 6.54 Å². The van der Waals surface area contributed by atoms with Crippen LogP contribution in [-0.2, 0) is 9.53 Å². The second-order valence-corrected chi connectivity index (χ2v) is 3.32. The molecule has 3 nitrogen and oxygen atoms in total. The molecular weight excluding hydrogens is 142 g/mol. The number of hydrogen-bond donors (Lipinski definition) is 0. The maximum absolute atomic E-state index is 10.9. The van der Waals surface area contributed by atoms with Gasteiger partial charge in [0.2, 0.25) is 0 Å². The van der Waals surface area contributed by atoms with Crippen molar-refractivity contribution in [3.63, 3.8) is 0 Å². The summed E-state index contributed by atoms with van der Waals surface area (Å²) in [6, 6.07) is 0.435. The molecule has 1 rings (SSSR count). The number of morpholine rings is 1. The number of carbonyl (C=O) groups is 1. The summed E-state index contributed by atoms with van der Waals surface area (Å²) in [5.41, 5.74) is 0. The Morgan fingerprint density at radius 2 is 2.27 bits per heavy atom. The van der Waals surface area contributed by atoms with E-state index in [0.29, 0.717) is 12.6 Å². The van der Waals surface area contributed by atoms with E-state index >= 15 is 0 Å². The maximum atomic E-state index is 10.9. The van der Waals surface area contributed by atoms with Crippen LogP contribution in [0.2, 0.25) is 0 Å². The Morgan fingerprint density at radius 1 is 1.64 bits per heavy atom. The van der Waals surface area contributed by atoms with Crippen LogP contribution in [0.5, 0.6) is 0 Å². The quantitative estimate of drug-likeness (QED) is 0.523. The summed E-state index contributed by atoms with van der Waals surface area (Å²) in [6.45, 7) is 7.41. The van der Waals surface area contributed by atoms with Crippen LogP contribution in [0.15, 0.2) is 0 Å². The van der Waals surface area contributed by atoms with Crippen LogP contribution in [0.1, 0.15) is 20.8 Å². The molecule has 0 aromatic heterocycles. The second-order valence-electron chi connectivity index (χ2n) is 3.32. The van der Waals surface area contributed by atoms with E-state index in [1.165, 1.54) is 0 Å². The molecule has 0 aromatic carbocycles. The fourth-order valence-electron chi connectivity index (χ4n) is 1.25. The highest BCUT2D eigenvalue weighted by molar-refractivity contribution is 5.72. The Hall–Kier alpha value is -0.570. The highest BCUT2D eigenvalue weighted by atomic mass is 16.5. The van der Waals surface area contributed by atoms with E-state index in [1.807, 2.05) is 6.92 Å². The largest absolute Gasteiger partial charge is 0.460 e. The van der Waals surface area contributed by atoms with Crippen molar-refractivity contribution < 1.29 is 9.53 Å². The molecule has 0 amide bonds. The van der Waals surface area contributed by atoms with Crippen molar-refractivity contribution in [3.8, 4) is 0 Å². The third-order valence-corrected chi connectivity index (χ3v) is 1.89. The molecule has 0 N–H and O–H groups in total. The van der Waals surface area contributed by atoms with E-state index in [-0.39, 0.29) is 12.1 Å². The topological polar surface area (TPSA) is 29.5 Å². The molecule has 1 saturated heterocycles. The number of rotatable bonds is 1. The second kappa shape index (κ2) is 3.22. The van der Waals surface area contributed by atoms with Gasteiger partial charge in [0.15, 0.2) is 0 Å². The molecule has 1 aliphatic heterocycles. The van der Waals surface area contributed by atoms with Crippen molar-refractivity contribution in [2.75, 3.05) is 13.1 Å². The number of ether oxygens (including phenoxy) is 1. The van der Waals surface area contributed by atoms with E-state index in [4.69, 9.17) is 4.74 Å². The van der Waals surface area contributed by atoms with Gasteiger partial charge < -0.3 is 4.74 Å². The lowest BCUT2D eigenvalue weighted by atomic mass is 10.2. The van der Waals surface area contributed by atoms with Gasteiger partial charge in [-0.1, -0.05) is 0 Å². The highest BCUT2D eigenvalue weighted by Crippen LogP contribution is 2.08. The van der Waals surface area contributed by atoms with Crippen LogP contribution in [0.3, 0.4) is 0 Å². The molecular formula is C8H15NO2. The van der Waals surface area contributed by atoms with Crippen molar-refractivity contribution in [3.05, 3.63) is 0 Å². The van der Waals surface area contributed by atoms with Gasteiger partial charge in [0, 0.05) is 12.6 Å². The minimum absolute atomic E-state index is 0.0543. The molecule has 64 valence electrons. The van der Waals surface area contributed by atoms with Gasteiger partial charge in [-0.2, -0.15) is 0 Å². The van der Waals surface area contributed by atoms with Gasteiger partial charge in [0.25, 0.3) is 0 Å². The van der Waals surface area contributed by atoms with Crippen LogP contribution in [-0.4, -0.2) is 36.1 Å². The summed E-state index contributed by atoms with van der Waals surface area (Å²) in [5, 5.41) is 0. The number of esters is 1. The molecule has 1 aliphatic rings. The summed E-state index contributed by atoms with van der Waals surface area (Å²) in [7, 11) is 0. The smallest absolute Gasteiger partial charge is 0.320 e. The third-order valence-electron chi connectivity index (χ3n) is 1.89. The number of nitrogens with zero attached hydrogens (tertiary/aromatic N) is 1. The number of hydrogen-bond acceptors (Lipinski definition) is 3. The minimum atomic E-state index is -0.0996. The lowest BCUT2D eigenvalue weighted by Crippen LogP contribution is -2.47. The van der Waals surface area contributed by atoms with Gasteiger partial charge in [-0.05, 0) is 20.8 Å². The SMILES string of the molecule is CC1CN(C(C)C)CC(=O)O1. The average molecular weight is 157 g/mol. The first-order valence-corrected chi connectivity index (χ1v) is 4.03. The standard InChI is InChI=1S/C8H15NO2/c1-6(2)9-4-7(3)11-8(10)5-9/h6-7H,4-5H2,1-3H3. The first kappa shape index (κ1) is 8.53. The molecule has 1 heterocycles. The van der Waals surface area contributed by atoms with Crippen LogP contribution in [0.25, 0.3) is 0 Å². The van der Waals surface area contributed by atoms with Crippen molar-refractivity contribution in [2.45, 2.75) is 32.9 Å². The van der Waals surface area contributed by atoms with E-state index in [2.05, 4.69) is 18.7 Å². The molecule has 0 spiro atoms. The predicted molar refractivity (Wildman–Crippen MR) is 42.3 cm³/mol. The predicted octanol–water partition coefficient (Wildman–Crippen LogP) is 0.642. The van der Waals surface area contributed by atoms with Crippen molar-refractivity contribution >= 4 is 5.97 Å². The molecule has 1 atom stereocenters. The summed E-state index contributed by atoms with van der Waals surface area (Å²) in [6.07, 6.45) is 0.0543. The molecule has 11 heavy (non-hydrogen) atoms. The molecule has 1 unspecified atom stereocenters. The molecule has 0 aromatic rings. The zero-order valence-electron chi connectivity index (χ0n) is 7.33. The lowest BCUT2D eigenvalue weighted by Gasteiger charge is -2.32. The molecule has 0 saturated carbocycles. The fourth-order valence-corrected chi connectivity index (χ4v) is 1.25. The van der Waals surface area contributed by atoms with Gasteiger partial charge in [0.05, 0.1) is 6.54 Å². The molecule has 3 heteroatoms. The zero-order valence-corrected chi connectivity index (χ0v) is 7.33. The molecule has 1 fully saturated rings. The summed E-state index contributed by atoms with van der Waals surface area (Å²) >= 11 is 0. The van der Waals surface area contributed by atoms with E-state index < -0.39 is 0 Å². The van der Waals surface area contributed by atoms with E-state index in [1.54, 1.807) is 0 Å². The highest BCUT2D eigenvalue weighted by Gasteiger charge is 2.24. The van der Waals surface area contributed by atoms with Gasteiger partial charge in [-0.25, -0.2) is 0 Å². The summed E-state index contributed by atoms with van der Waals surface area (Å²) < 4.78 is 4.99. The number of carbonyl (C=O) groups excluding carboxylic acids is 1. The van der Waals surface area contributed by atoms with Crippen molar-refractivity contribution in [2.24, 2.45) is 0 Å². The van der Waals surface area contributed by atoms with Crippen molar-refractivity contribution in [1.82, 2.24) is 4.90 Å². The Morgan fingerprint density at radius 3 is 2.73 bits per heavy atom. The monoisotopic (exact) mass is 157 g/mol. The van der Waals surface area contributed by atoms with Gasteiger partial charge >= 0.3 is 5.97 Å². The van der Waals surface area contributed by atoms with Gasteiger partial charge in [-0.15, -0.1) is 0 Å². The molecule has 0 radical (unpaired) electrons. The lowest BCUT2D eigenvalue weighted by molar-refractivity contribution is -0.158. The normalized spacial score (nSPS) is 27.3. The van der Waals surface area contributed by atoms with Crippen LogP contribution in [0, 0.1) is 0 Å². The Bertz CT molecular complexity index is 156. The number of cyclic esters (lactones) is 1. The van der Waals surface area contributed by atoms with Crippen molar-refractivity contribution in [1.29, 1.82) is 0 Å². The first-order chi connectivity index (χ1) is 5.09. The first-order valence-electron chi connectivity index (χ1n) is 4.03. The van der Waals surface area contributed by atoms with E-state index in [9.17, 15) is 4.79 Å². The Kier molecular flexibility index (Phi) is 2.49. The minimum Gasteiger partial charge on any atom is -0.460 e. The summed E-state index contributed by atoms with van der Waals surface area (Å²) in [4.78, 5) is 13.0. The van der Waals surface area contributed by atoms with Crippen LogP contribution in [0.4, 0.5) is 0 Å².